The monoisotopic (exact) mass is 260 g/mol. The largest absolute Gasteiger partial charge is 0.377 e. The number of hydrogen-bond acceptors (Lipinski definition) is 3. The van der Waals surface area contributed by atoms with Crippen molar-refractivity contribution in [2.75, 3.05) is 26.3 Å². The van der Waals surface area contributed by atoms with Gasteiger partial charge in [0.1, 0.15) is 5.69 Å². The number of amides is 1. The van der Waals surface area contributed by atoms with Gasteiger partial charge in [-0.25, -0.2) is 0 Å². The van der Waals surface area contributed by atoms with E-state index in [9.17, 15) is 4.79 Å². The van der Waals surface area contributed by atoms with Crippen LogP contribution in [0.25, 0.3) is 0 Å². The molecule has 1 aliphatic heterocycles. The third-order valence-electron chi connectivity index (χ3n) is 3.38. The maximum absolute atomic E-state index is 12.2. The van der Waals surface area contributed by atoms with Gasteiger partial charge < -0.3 is 9.64 Å². The second-order valence-electron chi connectivity index (χ2n) is 4.78. The van der Waals surface area contributed by atoms with Crippen molar-refractivity contribution >= 4 is 5.91 Å². The van der Waals surface area contributed by atoms with Crippen LogP contribution in [0.4, 0.5) is 0 Å². The van der Waals surface area contributed by atoms with Gasteiger partial charge in [0, 0.05) is 25.9 Å². The summed E-state index contributed by atoms with van der Waals surface area (Å²) in [4.78, 5) is 18.2. The Labute approximate surface area is 114 Å². The summed E-state index contributed by atoms with van der Waals surface area (Å²) < 4.78 is 5.47. The number of carbonyl (C=O) groups excluding carboxylic acids is 1. The average Bonchev–Trinajstić information content (AvgIpc) is 2.48. The van der Waals surface area contributed by atoms with Crippen molar-refractivity contribution in [2.24, 2.45) is 5.92 Å². The van der Waals surface area contributed by atoms with Gasteiger partial charge in [0.25, 0.3) is 5.91 Å². The van der Waals surface area contributed by atoms with Gasteiger partial charge >= 0.3 is 0 Å². The third kappa shape index (κ3) is 3.89. The number of rotatable bonds is 5. The highest BCUT2D eigenvalue weighted by molar-refractivity contribution is 5.92. The summed E-state index contributed by atoms with van der Waals surface area (Å²) in [6.07, 6.45) is 5.41. The Bertz CT molecular complexity index is 411. The van der Waals surface area contributed by atoms with E-state index < -0.39 is 0 Å². The number of likely N-dealkylation sites (tertiary alicyclic amines) is 1. The van der Waals surface area contributed by atoms with E-state index in [1.54, 1.807) is 18.3 Å². The molecule has 0 bridgehead atoms. The van der Waals surface area contributed by atoms with Crippen LogP contribution in [0.5, 0.6) is 0 Å². The molecule has 1 saturated heterocycles. The molecule has 102 valence electrons. The van der Waals surface area contributed by atoms with Crippen molar-refractivity contribution in [1.29, 1.82) is 0 Å². The molecule has 19 heavy (non-hydrogen) atoms. The van der Waals surface area contributed by atoms with E-state index in [1.165, 1.54) is 0 Å². The molecule has 0 spiro atoms. The summed E-state index contributed by atoms with van der Waals surface area (Å²) in [5.74, 6) is 0.582. The minimum atomic E-state index is 0.0334. The minimum Gasteiger partial charge on any atom is -0.377 e. The lowest BCUT2D eigenvalue weighted by atomic mass is 9.97. The SMILES string of the molecule is C=CCOCC1CCN(C(=O)c2ccccn2)CC1. The normalized spacial score (nSPS) is 16.3. The van der Waals surface area contributed by atoms with Crippen LogP contribution in [0.15, 0.2) is 37.1 Å². The zero-order chi connectivity index (χ0) is 13.5. The summed E-state index contributed by atoms with van der Waals surface area (Å²) >= 11 is 0. The Morgan fingerprint density at radius 1 is 1.47 bits per heavy atom. The summed E-state index contributed by atoms with van der Waals surface area (Å²) in [5.41, 5.74) is 0.531. The first-order valence-corrected chi connectivity index (χ1v) is 6.70. The lowest BCUT2D eigenvalue weighted by Gasteiger charge is -2.31. The highest BCUT2D eigenvalue weighted by Crippen LogP contribution is 2.18. The molecule has 1 aromatic heterocycles. The molecule has 2 rings (SSSR count). The maximum Gasteiger partial charge on any atom is 0.272 e. The Balaban J connectivity index is 1.80. The third-order valence-corrected chi connectivity index (χ3v) is 3.38. The van der Waals surface area contributed by atoms with E-state index >= 15 is 0 Å². The zero-order valence-electron chi connectivity index (χ0n) is 11.1. The highest BCUT2D eigenvalue weighted by Gasteiger charge is 2.24. The molecule has 0 atom stereocenters. The predicted molar refractivity (Wildman–Crippen MR) is 73.9 cm³/mol. The summed E-state index contributed by atoms with van der Waals surface area (Å²) in [7, 11) is 0. The first kappa shape index (κ1) is 13.7. The van der Waals surface area contributed by atoms with E-state index in [1.807, 2.05) is 17.0 Å². The van der Waals surface area contributed by atoms with E-state index in [4.69, 9.17) is 4.74 Å². The molecule has 1 fully saturated rings. The molecule has 1 amide bonds. The number of piperidine rings is 1. The fourth-order valence-electron chi connectivity index (χ4n) is 2.27. The number of carbonyl (C=O) groups is 1. The molecule has 1 aliphatic rings. The van der Waals surface area contributed by atoms with Crippen LogP contribution in [-0.4, -0.2) is 42.1 Å². The fourth-order valence-corrected chi connectivity index (χ4v) is 2.27. The first-order chi connectivity index (χ1) is 9.31. The smallest absolute Gasteiger partial charge is 0.272 e. The summed E-state index contributed by atoms with van der Waals surface area (Å²) in [6, 6.07) is 5.43. The van der Waals surface area contributed by atoms with Gasteiger partial charge in [-0.15, -0.1) is 6.58 Å². The molecule has 0 radical (unpaired) electrons. The van der Waals surface area contributed by atoms with Gasteiger partial charge in [-0.3, -0.25) is 9.78 Å². The lowest BCUT2D eigenvalue weighted by Crippen LogP contribution is -2.39. The molecule has 0 N–H and O–H groups in total. The molecule has 0 aromatic carbocycles. The summed E-state index contributed by atoms with van der Waals surface area (Å²) in [5, 5.41) is 0. The topological polar surface area (TPSA) is 42.4 Å². The van der Waals surface area contributed by atoms with E-state index in [0.717, 1.165) is 32.5 Å². The van der Waals surface area contributed by atoms with E-state index in [-0.39, 0.29) is 5.91 Å². The van der Waals surface area contributed by atoms with Gasteiger partial charge in [0.05, 0.1) is 6.61 Å². The molecule has 4 heteroatoms. The van der Waals surface area contributed by atoms with Crippen LogP contribution in [0.3, 0.4) is 0 Å². The van der Waals surface area contributed by atoms with Crippen molar-refractivity contribution in [3.8, 4) is 0 Å². The zero-order valence-corrected chi connectivity index (χ0v) is 11.1. The Morgan fingerprint density at radius 2 is 2.26 bits per heavy atom. The molecule has 0 aliphatic carbocycles. The standard InChI is InChI=1S/C15H20N2O2/c1-2-11-19-12-13-6-9-17(10-7-13)15(18)14-5-3-4-8-16-14/h2-5,8,13H,1,6-7,9-12H2. The molecular weight excluding hydrogens is 240 g/mol. The number of hydrogen-bond donors (Lipinski definition) is 0. The van der Waals surface area contributed by atoms with Gasteiger partial charge in [-0.1, -0.05) is 12.1 Å². The van der Waals surface area contributed by atoms with Crippen molar-refractivity contribution in [3.63, 3.8) is 0 Å². The van der Waals surface area contributed by atoms with Crippen molar-refractivity contribution in [1.82, 2.24) is 9.88 Å². The highest BCUT2D eigenvalue weighted by atomic mass is 16.5. The quantitative estimate of drug-likeness (QED) is 0.601. The van der Waals surface area contributed by atoms with E-state index in [2.05, 4.69) is 11.6 Å². The molecule has 4 nitrogen and oxygen atoms in total. The molecular formula is C15H20N2O2. The molecule has 0 unspecified atom stereocenters. The van der Waals surface area contributed by atoms with Gasteiger partial charge in [-0.2, -0.15) is 0 Å². The number of nitrogens with zero attached hydrogens (tertiary/aromatic N) is 2. The number of ether oxygens (including phenoxy) is 1. The predicted octanol–water partition coefficient (Wildman–Crippen LogP) is 2.14. The van der Waals surface area contributed by atoms with Crippen LogP contribution >= 0.6 is 0 Å². The second-order valence-corrected chi connectivity index (χ2v) is 4.78. The lowest BCUT2D eigenvalue weighted by molar-refractivity contribution is 0.0571. The van der Waals surface area contributed by atoms with Crippen LogP contribution in [0.1, 0.15) is 23.3 Å². The van der Waals surface area contributed by atoms with Crippen molar-refractivity contribution in [2.45, 2.75) is 12.8 Å². The fraction of sp³-hybridized carbons (Fsp3) is 0.467. The van der Waals surface area contributed by atoms with E-state index in [0.29, 0.717) is 18.2 Å². The maximum atomic E-state index is 12.2. The average molecular weight is 260 g/mol. The van der Waals surface area contributed by atoms with Gasteiger partial charge in [0.2, 0.25) is 0 Å². The second kappa shape index (κ2) is 7.04. The number of pyridine rings is 1. The molecule has 1 aromatic rings. The van der Waals surface area contributed by atoms with Crippen LogP contribution in [0.2, 0.25) is 0 Å². The molecule has 0 saturated carbocycles. The van der Waals surface area contributed by atoms with Gasteiger partial charge in [0.15, 0.2) is 0 Å². The number of aromatic nitrogens is 1. The summed E-state index contributed by atoms with van der Waals surface area (Å²) in [6.45, 7) is 6.57. The van der Waals surface area contributed by atoms with Gasteiger partial charge in [-0.05, 0) is 30.9 Å². The van der Waals surface area contributed by atoms with Crippen molar-refractivity contribution in [3.05, 3.63) is 42.7 Å². The Morgan fingerprint density at radius 3 is 2.89 bits per heavy atom. The Hall–Kier alpha value is -1.68. The molecule has 2 heterocycles. The Kier molecular flexibility index (Phi) is 5.10. The van der Waals surface area contributed by atoms with Crippen LogP contribution in [0, 0.1) is 5.92 Å². The van der Waals surface area contributed by atoms with Crippen molar-refractivity contribution < 1.29 is 9.53 Å². The van der Waals surface area contributed by atoms with Crippen LogP contribution in [-0.2, 0) is 4.74 Å². The van der Waals surface area contributed by atoms with Crippen LogP contribution < -0.4 is 0 Å². The first-order valence-electron chi connectivity index (χ1n) is 6.70. The minimum absolute atomic E-state index is 0.0334.